The number of imidazole rings is 1. The van der Waals surface area contributed by atoms with Crippen molar-refractivity contribution in [2.24, 2.45) is 17.8 Å². The maximum Gasteiger partial charge on any atom is 0.235 e. The maximum atomic E-state index is 14.1. The van der Waals surface area contributed by atoms with E-state index in [1.165, 1.54) is 25.7 Å². The van der Waals surface area contributed by atoms with E-state index >= 15 is 0 Å². The van der Waals surface area contributed by atoms with E-state index in [1.54, 1.807) is 0 Å². The molecule has 2 aliphatic carbocycles. The molecule has 2 heterocycles. The third-order valence-corrected chi connectivity index (χ3v) is 11.0. The first-order chi connectivity index (χ1) is 21.1. The van der Waals surface area contributed by atoms with Crippen molar-refractivity contribution in [3.63, 3.8) is 0 Å². The van der Waals surface area contributed by atoms with Gasteiger partial charge in [0, 0.05) is 42.9 Å². The lowest BCUT2D eigenvalue weighted by molar-refractivity contribution is -0.119. The second kappa shape index (κ2) is 12.5. The topological polar surface area (TPSA) is 84.8 Å². The molecule has 6 rings (SSSR count). The average molecular weight is 610 g/mol. The number of nitrogens with one attached hydrogen (secondary N) is 2. The Hall–Kier alpha value is -3.49. The number of benzene rings is 2. The molecule has 4 aromatic rings. The van der Waals surface area contributed by atoms with Gasteiger partial charge in [-0.1, -0.05) is 62.1 Å². The Morgan fingerprint density at radius 3 is 2.25 bits per heavy atom. The Bertz CT molecular complexity index is 1580. The molecule has 2 N–H and O–H groups in total. The van der Waals surface area contributed by atoms with E-state index in [0.717, 1.165) is 63.6 Å². The minimum atomic E-state index is -1.13. The molecule has 0 radical (unpaired) electrons. The van der Waals surface area contributed by atoms with Crippen molar-refractivity contribution in [2.45, 2.75) is 84.8 Å². The van der Waals surface area contributed by atoms with Crippen LogP contribution in [0.25, 0.3) is 22.4 Å². The van der Waals surface area contributed by atoms with E-state index in [4.69, 9.17) is 14.8 Å². The van der Waals surface area contributed by atoms with Crippen LogP contribution in [0.4, 0.5) is 5.69 Å². The molecule has 2 fully saturated rings. The molecule has 2 aromatic carbocycles. The molecule has 1 unspecified atom stereocenters. The van der Waals surface area contributed by atoms with Crippen molar-refractivity contribution in [3.05, 3.63) is 77.5 Å². The van der Waals surface area contributed by atoms with Gasteiger partial charge in [0.1, 0.15) is 12.6 Å². The van der Waals surface area contributed by atoms with Crippen LogP contribution in [0.5, 0.6) is 0 Å². The summed E-state index contributed by atoms with van der Waals surface area (Å²) in [7, 11) is -1.13. The number of aryl methyl sites for hydroxylation is 2. The fourth-order valence-corrected chi connectivity index (χ4v) is 7.35. The maximum absolute atomic E-state index is 14.1. The molecule has 2 saturated carbocycles. The Morgan fingerprint density at radius 1 is 0.977 bits per heavy atom. The number of hydrogen-bond acceptors (Lipinski definition) is 4. The number of aromatic nitrogens is 4. The van der Waals surface area contributed by atoms with Crippen LogP contribution >= 0.6 is 0 Å². The smallest absolute Gasteiger partial charge is 0.235 e. The monoisotopic (exact) mass is 609 g/mol. The fraction of sp³-hybridized carbons (Fsp3) is 0.472. The van der Waals surface area contributed by atoms with Crippen molar-refractivity contribution in [2.75, 3.05) is 11.9 Å². The van der Waals surface area contributed by atoms with Gasteiger partial charge in [0.05, 0.1) is 17.3 Å². The third-order valence-electron chi connectivity index (χ3n) is 9.28. The van der Waals surface area contributed by atoms with Crippen molar-refractivity contribution in [3.8, 4) is 22.4 Å². The lowest BCUT2D eigenvalue weighted by Gasteiger charge is -2.25. The highest BCUT2D eigenvalue weighted by molar-refractivity contribution is 6.76. The van der Waals surface area contributed by atoms with E-state index in [-0.39, 0.29) is 11.8 Å². The predicted molar refractivity (Wildman–Crippen MR) is 180 cm³/mol. The van der Waals surface area contributed by atoms with Gasteiger partial charge in [-0.25, -0.2) is 9.67 Å². The SMILES string of the molecule is Cc1nn(COCC[Si](C)(C)C)c(C)c1-c1ccc(NC(=O)C(c2nc(-c3ccccc3)c(C)[nH]2)C(C2CC2)C2CC2)cc1. The van der Waals surface area contributed by atoms with Gasteiger partial charge in [-0.3, -0.25) is 4.79 Å². The van der Waals surface area contributed by atoms with Gasteiger partial charge in [0.25, 0.3) is 0 Å². The van der Waals surface area contributed by atoms with Gasteiger partial charge in [-0.05, 0) is 87.9 Å². The molecule has 2 aliphatic rings. The number of hydrogen-bond donors (Lipinski definition) is 2. The molecule has 1 atom stereocenters. The van der Waals surface area contributed by atoms with E-state index in [9.17, 15) is 4.79 Å². The first-order valence-electron chi connectivity index (χ1n) is 16.2. The van der Waals surface area contributed by atoms with Crippen LogP contribution in [0.15, 0.2) is 54.6 Å². The van der Waals surface area contributed by atoms with Gasteiger partial charge in [-0.15, -0.1) is 0 Å². The first kappa shape index (κ1) is 30.5. The van der Waals surface area contributed by atoms with Crippen molar-refractivity contribution in [1.29, 1.82) is 0 Å². The molecule has 0 aliphatic heterocycles. The summed E-state index contributed by atoms with van der Waals surface area (Å²) in [5.41, 5.74) is 8.09. The number of carbonyl (C=O) groups is 1. The average Bonchev–Trinajstić information content (AvgIpc) is 3.92. The van der Waals surface area contributed by atoms with E-state index in [2.05, 4.69) is 68.1 Å². The summed E-state index contributed by atoms with van der Waals surface area (Å²) in [6.07, 6.45) is 4.84. The van der Waals surface area contributed by atoms with Crippen LogP contribution in [-0.4, -0.2) is 40.3 Å². The molecule has 8 heteroatoms. The van der Waals surface area contributed by atoms with Crippen LogP contribution in [0.1, 0.15) is 54.5 Å². The number of nitrogens with zero attached hydrogens (tertiary/aromatic N) is 3. The van der Waals surface area contributed by atoms with Crippen LogP contribution < -0.4 is 5.32 Å². The molecular formula is C36H47N5O2Si. The lowest BCUT2D eigenvalue weighted by Crippen LogP contribution is -2.31. The molecule has 1 amide bonds. The van der Waals surface area contributed by atoms with Crippen LogP contribution in [-0.2, 0) is 16.3 Å². The quantitative estimate of drug-likeness (QED) is 0.118. The van der Waals surface area contributed by atoms with Crippen molar-refractivity contribution in [1.82, 2.24) is 19.7 Å². The Morgan fingerprint density at radius 2 is 1.64 bits per heavy atom. The molecular weight excluding hydrogens is 563 g/mol. The second-order valence-corrected chi connectivity index (χ2v) is 19.8. The van der Waals surface area contributed by atoms with E-state index in [1.807, 2.05) is 41.9 Å². The zero-order valence-corrected chi connectivity index (χ0v) is 28.1. The largest absolute Gasteiger partial charge is 0.360 e. The number of anilines is 1. The molecule has 7 nitrogen and oxygen atoms in total. The molecule has 2 aromatic heterocycles. The zero-order chi connectivity index (χ0) is 31.0. The number of H-pyrrole nitrogens is 1. The molecule has 0 saturated heterocycles. The summed E-state index contributed by atoms with van der Waals surface area (Å²) < 4.78 is 7.94. The number of rotatable bonds is 13. The summed E-state index contributed by atoms with van der Waals surface area (Å²) in [5.74, 6) is 2.07. The highest BCUT2D eigenvalue weighted by Gasteiger charge is 2.49. The van der Waals surface area contributed by atoms with Gasteiger partial charge in [0.2, 0.25) is 5.91 Å². The normalized spacial score (nSPS) is 16.0. The first-order valence-corrected chi connectivity index (χ1v) is 19.9. The van der Waals surface area contributed by atoms with Crippen LogP contribution in [0.3, 0.4) is 0 Å². The van der Waals surface area contributed by atoms with Crippen LogP contribution in [0.2, 0.25) is 25.7 Å². The predicted octanol–water partition coefficient (Wildman–Crippen LogP) is 8.34. The van der Waals surface area contributed by atoms with Gasteiger partial charge < -0.3 is 15.0 Å². The fourth-order valence-electron chi connectivity index (χ4n) is 6.59. The Labute approximate surface area is 262 Å². The molecule has 232 valence electrons. The van der Waals surface area contributed by atoms with Gasteiger partial charge >= 0.3 is 0 Å². The minimum Gasteiger partial charge on any atom is -0.360 e. The number of carbonyl (C=O) groups excluding carboxylic acids is 1. The summed E-state index contributed by atoms with van der Waals surface area (Å²) in [6, 6.07) is 19.6. The minimum absolute atomic E-state index is 0.0329. The molecule has 0 spiro atoms. The number of aromatic amines is 1. The summed E-state index contributed by atoms with van der Waals surface area (Å²) in [6.45, 7) is 14.5. The summed E-state index contributed by atoms with van der Waals surface area (Å²) in [4.78, 5) is 22.7. The second-order valence-electron chi connectivity index (χ2n) is 14.2. The van der Waals surface area contributed by atoms with Gasteiger partial charge in [-0.2, -0.15) is 5.10 Å². The van der Waals surface area contributed by atoms with Crippen molar-refractivity contribution < 1.29 is 9.53 Å². The standard InChI is InChI=1S/C36H47N5O2Si/c1-23-31(25(3)41(40-23)22-43-20-21-44(4,5)6)26-16-18-30(19-17-26)38-36(42)33(32(27-12-13-27)28-14-15-28)35-37-24(2)34(39-35)29-10-8-7-9-11-29/h7-11,16-19,27-28,32-33H,12-15,20-22H2,1-6H3,(H,37,39)(H,38,42). The Balaban J connectivity index is 1.20. The lowest BCUT2D eigenvalue weighted by atomic mass is 9.82. The zero-order valence-electron chi connectivity index (χ0n) is 27.1. The molecule has 0 bridgehead atoms. The third kappa shape index (κ3) is 6.92. The van der Waals surface area contributed by atoms with Crippen molar-refractivity contribution >= 4 is 19.7 Å². The number of ether oxygens (including phenoxy) is 1. The van der Waals surface area contributed by atoms with E-state index < -0.39 is 8.07 Å². The van der Waals surface area contributed by atoms with Crippen LogP contribution in [0, 0.1) is 38.5 Å². The Kier molecular flexibility index (Phi) is 8.66. The molecule has 44 heavy (non-hydrogen) atoms. The number of amides is 1. The highest BCUT2D eigenvalue weighted by Crippen LogP contribution is 2.55. The highest BCUT2D eigenvalue weighted by atomic mass is 28.3. The summed E-state index contributed by atoms with van der Waals surface area (Å²) in [5, 5.41) is 8.04. The van der Waals surface area contributed by atoms with E-state index in [0.29, 0.717) is 24.5 Å². The summed E-state index contributed by atoms with van der Waals surface area (Å²) >= 11 is 0. The van der Waals surface area contributed by atoms with Gasteiger partial charge in [0.15, 0.2) is 0 Å².